The van der Waals surface area contributed by atoms with Crippen LogP contribution < -0.4 is 15.0 Å². The molecule has 4 rings (SSSR count). The number of anilines is 1. The zero-order valence-electron chi connectivity index (χ0n) is 16.4. The van der Waals surface area contributed by atoms with Crippen LogP contribution in [0.25, 0.3) is 0 Å². The number of benzene rings is 2. The fourth-order valence-electron chi connectivity index (χ4n) is 3.91. The number of halogens is 1. The maximum absolute atomic E-state index is 14.0. The molecule has 0 aromatic heterocycles. The normalized spacial score (nSPS) is 22.2. The first-order valence-corrected chi connectivity index (χ1v) is 9.81. The molecule has 28 heavy (non-hydrogen) atoms. The number of guanidine groups is 1. The molecule has 0 bridgehead atoms. The first-order valence-electron chi connectivity index (χ1n) is 9.81. The standard InChI is InChI=1S/C22H27FN4O/c1-24-22(25-21-15-19(21)18-5-3-4-6-20(18)23)27-13-11-26(12-14-27)16-7-9-17(28-2)10-8-16/h3-10,19,21H,11-15H2,1-2H3,(H,24,25). The molecule has 5 nitrogen and oxygen atoms in total. The lowest BCUT2D eigenvalue weighted by Gasteiger charge is -2.37. The molecule has 1 heterocycles. The fourth-order valence-corrected chi connectivity index (χ4v) is 3.91. The van der Waals surface area contributed by atoms with E-state index in [0.29, 0.717) is 0 Å². The van der Waals surface area contributed by atoms with Gasteiger partial charge in [0.15, 0.2) is 5.96 Å². The van der Waals surface area contributed by atoms with Crippen LogP contribution in [0.3, 0.4) is 0 Å². The molecule has 2 aromatic carbocycles. The minimum Gasteiger partial charge on any atom is -0.497 e. The molecule has 2 aromatic rings. The van der Waals surface area contributed by atoms with E-state index in [9.17, 15) is 4.39 Å². The Hall–Kier alpha value is -2.76. The molecule has 0 spiro atoms. The first-order chi connectivity index (χ1) is 13.7. The summed E-state index contributed by atoms with van der Waals surface area (Å²) in [7, 11) is 3.50. The van der Waals surface area contributed by atoms with Crippen LogP contribution in [-0.2, 0) is 0 Å². The van der Waals surface area contributed by atoms with E-state index >= 15 is 0 Å². The second-order valence-electron chi connectivity index (χ2n) is 7.33. The third kappa shape index (κ3) is 3.91. The van der Waals surface area contributed by atoms with E-state index < -0.39 is 0 Å². The number of hydrogen-bond acceptors (Lipinski definition) is 3. The Morgan fingerprint density at radius 2 is 1.79 bits per heavy atom. The van der Waals surface area contributed by atoms with Crippen molar-refractivity contribution < 1.29 is 9.13 Å². The Labute approximate surface area is 165 Å². The molecule has 1 aliphatic carbocycles. The average Bonchev–Trinajstić information content (AvgIpc) is 3.51. The summed E-state index contributed by atoms with van der Waals surface area (Å²) in [5.41, 5.74) is 2.02. The second-order valence-corrected chi connectivity index (χ2v) is 7.33. The highest BCUT2D eigenvalue weighted by Gasteiger charge is 2.41. The molecule has 1 saturated carbocycles. The first kappa shape index (κ1) is 18.6. The summed E-state index contributed by atoms with van der Waals surface area (Å²) in [6, 6.07) is 15.5. The molecule has 1 N–H and O–H groups in total. The van der Waals surface area contributed by atoms with Gasteiger partial charge in [0.1, 0.15) is 11.6 Å². The highest BCUT2D eigenvalue weighted by atomic mass is 19.1. The van der Waals surface area contributed by atoms with Gasteiger partial charge in [0, 0.05) is 50.9 Å². The quantitative estimate of drug-likeness (QED) is 0.652. The average molecular weight is 382 g/mol. The lowest BCUT2D eigenvalue weighted by Crippen LogP contribution is -2.53. The molecule has 148 valence electrons. The highest BCUT2D eigenvalue weighted by Crippen LogP contribution is 2.41. The van der Waals surface area contributed by atoms with Crippen LogP contribution in [0, 0.1) is 5.82 Å². The Bertz CT molecular complexity index is 831. The van der Waals surface area contributed by atoms with E-state index in [1.807, 2.05) is 31.3 Å². The van der Waals surface area contributed by atoms with Crippen LogP contribution in [0.1, 0.15) is 17.9 Å². The Morgan fingerprint density at radius 1 is 1.07 bits per heavy atom. The number of piperazine rings is 1. The number of aliphatic imine (C=N–C) groups is 1. The number of nitrogens with one attached hydrogen (secondary N) is 1. The third-order valence-electron chi connectivity index (χ3n) is 5.64. The van der Waals surface area contributed by atoms with Gasteiger partial charge in [-0.2, -0.15) is 0 Å². The summed E-state index contributed by atoms with van der Waals surface area (Å²) in [5, 5.41) is 3.53. The fraction of sp³-hybridized carbons (Fsp3) is 0.409. The minimum absolute atomic E-state index is 0.111. The molecule has 0 radical (unpaired) electrons. The lowest BCUT2D eigenvalue weighted by molar-refractivity contribution is 0.372. The zero-order chi connectivity index (χ0) is 19.5. The predicted molar refractivity (Wildman–Crippen MR) is 111 cm³/mol. The summed E-state index contributed by atoms with van der Waals surface area (Å²) < 4.78 is 19.2. The van der Waals surface area contributed by atoms with Gasteiger partial charge in [-0.25, -0.2) is 4.39 Å². The van der Waals surface area contributed by atoms with Crippen LogP contribution in [0.4, 0.5) is 10.1 Å². The molecule has 0 amide bonds. The predicted octanol–water partition coefficient (Wildman–Crippen LogP) is 3.09. The van der Waals surface area contributed by atoms with E-state index in [4.69, 9.17) is 4.74 Å². The van der Waals surface area contributed by atoms with Gasteiger partial charge in [-0.05, 0) is 42.3 Å². The van der Waals surface area contributed by atoms with Crippen molar-refractivity contribution in [1.29, 1.82) is 0 Å². The Balaban J connectivity index is 1.31. The number of nitrogens with zero attached hydrogens (tertiary/aromatic N) is 3. The molecule has 6 heteroatoms. The van der Waals surface area contributed by atoms with Crippen LogP contribution >= 0.6 is 0 Å². The zero-order valence-corrected chi connectivity index (χ0v) is 16.4. The van der Waals surface area contributed by atoms with Crippen LogP contribution in [0.2, 0.25) is 0 Å². The van der Waals surface area contributed by atoms with Gasteiger partial charge in [0.05, 0.1) is 7.11 Å². The van der Waals surface area contributed by atoms with E-state index in [1.54, 1.807) is 13.2 Å². The summed E-state index contributed by atoms with van der Waals surface area (Å²) >= 11 is 0. The van der Waals surface area contributed by atoms with Crippen molar-refractivity contribution in [1.82, 2.24) is 10.2 Å². The van der Waals surface area contributed by atoms with E-state index in [-0.39, 0.29) is 17.8 Å². The summed E-state index contributed by atoms with van der Waals surface area (Å²) in [6.07, 6.45) is 0.950. The summed E-state index contributed by atoms with van der Waals surface area (Å²) in [5.74, 6) is 1.91. The SMILES string of the molecule is CN=C(NC1CC1c1ccccc1F)N1CCN(c2ccc(OC)cc2)CC1. The largest absolute Gasteiger partial charge is 0.497 e. The van der Waals surface area contributed by atoms with Gasteiger partial charge in [-0.1, -0.05) is 18.2 Å². The molecular weight excluding hydrogens is 355 g/mol. The van der Waals surface area contributed by atoms with Crippen molar-refractivity contribution in [3.8, 4) is 5.75 Å². The molecule has 2 unspecified atom stereocenters. The van der Waals surface area contributed by atoms with Gasteiger partial charge >= 0.3 is 0 Å². The Morgan fingerprint density at radius 3 is 2.43 bits per heavy atom. The molecule has 1 aliphatic heterocycles. The van der Waals surface area contributed by atoms with E-state index in [2.05, 4.69) is 32.2 Å². The number of hydrogen-bond donors (Lipinski definition) is 1. The summed E-state index contributed by atoms with van der Waals surface area (Å²) in [6.45, 7) is 3.69. The van der Waals surface area contributed by atoms with Crippen molar-refractivity contribution >= 4 is 11.6 Å². The van der Waals surface area contributed by atoms with Crippen molar-refractivity contribution in [2.24, 2.45) is 4.99 Å². The van der Waals surface area contributed by atoms with Gasteiger partial charge in [-0.15, -0.1) is 0 Å². The monoisotopic (exact) mass is 382 g/mol. The lowest BCUT2D eigenvalue weighted by atomic mass is 10.1. The molecule has 2 atom stereocenters. The van der Waals surface area contributed by atoms with Crippen LogP contribution in [0.5, 0.6) is 5.75 Å². The summed E-state index contributed by atoms with van der Waals surface area (Å²) in [4.78, 5) is 9.13. The highest BCUT2D eigenvalue weighted by molar-refractivity contribution is 5.81. The maximum atomic E-state index is 14.0. The van der Waals surface area contributed by atoms with Gasteiger partial charge in [-0.3, -0.25) is 4.99 Å². The molecule has 2 aliphatic rings. The molecular formula is C22H27FN4O. The Kier molecular flexibility index (Phi) is 5.37. The van der Waals surface area contributed by atoms with Crippen molar-refractivity contribution in [3.63, 3.8) is 0 Å². The topological polar surface area (TPSA) is 40.1 Å². The second kappa shape index (κ2) is 8.09. The molecule has 1 saturated heterocycles. The van der Waals surface area contributed by atoms with Gasteiger partial charge in [0.2, 0.25) is 0 Å². The maximum Gasteiger partial charge on any atom is 0.194 e. The van der Waals surface area contributed by atoms with Crippen molar-refractivity contribution in [3.05, 3.63) is 59.9 Å². The number of methoxy groups -OCH3 is 1. The van der Waals surface area contributed by atoms with Crippen molar-refractivity contribution in [2.45, 2.75) is 18.4 Å². The van der Waals surface area contributed by atoms with Crippen LogP contribution in [-0.4, -0.2) is 57.2 Å². The smallest absolute Gasteiger partial charge is 0.194 e. The molecule has 2 fully saturated rings. The van der Waals surface area contributed by atoms with Gasteiger partial charge < -0.3 is 19.9 Å². The van der Waals surface area contributed by atoms with Crippen molar-refractivity contribution in [2.75, 3.05) is 45.2 Å². The van der Waals surface area contributed by atoms with Gasteiger partial charge in [0.25, 0.3) is 0 Å². The number of rotatable bonds is 4. The van der Waals surface area contributed by atoms with E-state index in [1.165, 1.54) is 11.8 Å². The van der Waals surface area contributed by atoms with Crippen LogP contribution in [0.15, 0.2) is 53.5 Å². The third-order valence-corrected chi connectivity index (χ3v) is 5.64. The van der Waals surface area contributed by atoms with E-state index in [0.717, 1.165) is 49.9 Å². The number of ether oxygens (including phenoxy) is 1. The minimum atomic E-state index is -0.111.